The molecular weight excluding hydrogens is 359 g/mol. The largest absolute Gasteiger partial charge is 0.472 e. The van der Waals surface area contributed by atoms with Crippen LogP contribution in [0.3, 0.4) is 0 Å². The van der Waals surface area contributed by atoms with Gasteiger partial charge >= 0.3 is 6.18 Å². The Bertz CT molecular complexity index is 886. The summed E-state index contributed by atoms with van der Waals surface area (Å²) in [6.45, 7) is 0.304. The topological polar surface area (TPSA) is 64.1 Å². The number of nitrogens with one attached hydrogen (secondary N) is 1. The molecule has 8 heteroatoms. The van der Waals surface area contributed by atoms with Gasteiger partial charge in [-0.25, -0.2) is 0 Å². The summed E-state index contributed by atoms with van der Waals surface area (Å²) in [5.74, 6) is 1.09. The minimum atomic E-state index is -4.35. The summed E-state index contributed by atoms with van der Waals surface area (Å²) in [7, 11) is 0. The van der Waals surface area contributed by atoms with E-state index in [-0.39, 0.29) is 6.04 Å². The van der Waals surface area contributed by atoms with Gasteiger partial charge in [0.1, 0.15) is 6.26 Å². The lowest BCUT2D eigenvalue weighted by Crippen LogP contribution is -2.32. The molecule has 0 aliphatic heterocycles. The van der Waals surface area contributed by atoms with Crippen LogP contribution < -0.4 is 5.32 Å². The molecule has 0 bridgehead atoms. The minimum Gasteiger partial charge on any atom is -0.472 e. The number of rotatable bonds is 6. The van der Waals surface area contributed by atoms with Gasteiger partial charge in [-0.2, -0.15) is 18.2 Å². The predicted molar refractivity (Wildman–Crippen MR) is 90.4 cm³/mol. The van der Waals surface area contributed by atoms with Crippen molar-refractivity contribution in [2.24, 2.45) is 5.92 Å². The van der Waals surface area contributed by atoms with Crippen LogP contribution in [0.25, 0.3) is 11.5 Å². The van der Waals surface area contributed by atoms with Crippen LogP contribution in [0.15, 0.2) is 51.8 Å². The van der Waals surface area contributed by atoms with Crippen molar-refractivity contribution in [3.05, 3.63) is 59.8 Å². The molecule has 1 N–H and O–H groups in total. The first kappa shape index (κ1) is 17.8. The number of halogens is 3. The van der Waals surface area contributed by atoms with Gasteiger partial charge in [0, 0.05) is 6.04 Å². The van der Waals surface area contributed by atoms with Crippen molar-refractivity contribution in [3.8, 4) is 11.5 Å². The molecular formula is C19H18F3N3O2. The highest BCUT2D eigenvalue weighted by Crippen LogP contribution is 2.39. The van der Waals surface area contributed by atoms with Crippen molar-refractivity contribution in [2.75, 3.05) is 0 Å². The van der Waals surface area contributed by atoms with Gasteiger partial charge in [-0.15, -0.1) is 0 Å². The second-order valence-corrected chi connectivity index (χ2v) is 6.70. The maximum absolute atomic E-state index is 13.1. The van der Waals surface area contributed by atoms with Gasteiger partial charge in [-0.3, -0.25) is 0 Å². The van der Waals surface area contributed by atoms with Crippen molar-refractivity contribution >= 4 is 0 Å². The Labute approximate surface area is 153 Å². The number of alkyl halides is 3. The maximum atomic E-state index is 13.1. The summed E-state index contributed by atoms with van der Waals surface area (Å²) >= 11 is 0. The number of hydrogen-bond acceptors (Lipinski definition) is 5. The number of nitrogens with zero attached hydrogens (tertiary/aromatic N) is 2. The fourth-order valence-corrected chi connectivity index (χ4v) is 3.27. The molecule has 4 rings (SSSR count). The second-order valence-electron chi connectivity index (χ2n) is 6.70. The lowest BCUT2D eigenvalue weighted by molar-refractivity contribution is -0.137. The highest BCUT2D eigenvalue weighted by molar-refractivity contribution is 5.49. The Morgan fingerprint density at radius 3 is 2.74 bits per heavy atom. The van der Waals surface area contributed by atoms with E-state index in [1.807, 2.05) is 0 Å². The Kier molecular flexibility index (Phi) is 4.73. The molecule has 1 atom stereocenters. The zero-order valence-corrected chi connectivity index (χ0v) is 14.4. The van der Waals surface area contributed by atoms with Crippen molar-refractivity contribution in [1.82, 2.24) is 15.5 Å². The third kappa shape index (κ3) is 3.90. The summed E-state index contributed by atoms with van der Waals surface area (Å²) in [5, 5.41) is 7.24. The first-order valence-corrected chi connectivity index (χ1v) is 8.76. The van der Waals surface area contributed by atoms with E-state index in [4.69, 9.17) is 8.94 Å². The van der Waals surface area contributed by atoms with Crippen LogP contribution in [0.5, 0.6) is 0 Å². The molecule has 142 valence electrons. The maximum Gasteiger partial charge on any atom is 0.416 e. The standard InChI is InChI=1S/C19H18F3N3O2/c20-19(21,22)15-6-2-5-13(9-15)17(12-3-1-4-12)23-10-16-24-18(27-25-16)14-7-8-26-11-14/h2,5-9,11-12,17,23H,1,3-4,10H2. The van der Waals surface area contributed by atoms with E-state index in [9.17, 15) is 13.2 Å². The average molecular weight is 377 g/mol. The molecule has 3 aromatic rings. The quantitative estimate of drug-likeness (QED) is 0.656. The van der Waals surface area contributed by atoms with Crippen LogP contribution >= 0.6 is 0 Å². The summed E-state index contributed by atoms with van der Waals surface area (Å²) in [6, 6.07) is 7.04. The lowest BCUT2D eigenvalue weighted by atomic mass is 9.77. The number of furan rings is 1. The molecule has 0 saturated heterocycles. The van der Waals surface area contributed by atoms with Crippen LogP contribution in [0.4, 0.5) is 13.2 Å². The van der Waals surface area contributed by atoms with Crippen LogP contribution in [0.2, 0.25) is 0 Å². The van der Waals surface area contributed by atoms with E-state index < -0.39 is 11.7 Å². The Morgan fingerprint density at radius 1 is 1.22 bits per heavy atom. The molecule has 2 heterocycles. The van der Waals surface area contributed by atoms with Crippen LogP contribution in [-0.4, -0.2) is 10.1 Å². The molecule has 0 spiro atoms. The first-order valence-electron chi connectivity index (χ1n) is 8.76. The predicted octanol–water partition coefficient (Wildman–Crippen LogP) is 4.98. The molecule has 1 aliphatic rings. The lowest BCUT2D eigenvalue weighted by Gasteiger charge is -2.35. The number of benzene rings is 1. The van der Waals surface area contributed by atoms with Gasteiger partial charge in [0.25, 0.3) is 5.89 Å². The summed E-state index contributed by atoms with van der Waals surface area (Å²) in [6.07, 6.45) is 1.73. The summed E-state index contributed by atoms with van der Waals surface area (Å²) < 4.78 is 49.4. The van der Waals surface area contributed by atoms with Crippen molar-refractivity contribution in [2.45, 2.75) is 38.0 Å². The van der Waals surface area contributed by atoms with Crippen LogP contribution in [-0.2, 0) is 12.7 Å². The molecule has 0 amide bonds. The third-order valence-electron chi connectivity index (χ3n) is 4.91. The van der Waals surface area contributed by atoms with Crippen molar-refractivity contribution in [3.63, 3.8) is 0 Å². The van der Waals surface area contributed by atoms with E-state index in [1.54, 1.807) is 12.1 Å². The molecule has 5 nitrogen and oxygen atoms in total. The van der Waals surface area contributed by atoms with Gasteiger partial charge in [-0.1, -0.05) is 23.7 Å². The van der Waals surface area contributed by atoms with E-state index >= 15 is 0 Å². The summed E-state index contributed by atoms with van der Waals surface area (Å²) in [4.78, 5) is 4.30. The summed E-state index contributed by atoms with van der Waals surface area (Å²) in [5.41, 5.74) is 0.683. The van der Waals surface area contributed by atoms with Crippen LogP contribution in [0.1, 0.15) is 42.3 Å². The zero-order valence-electron chi connectivity index (χ0n) is 14.4. The van der Waals surface area contributed by atoms with Crippen molar-refractivity contribution < 1.29 is 22.1 Å². The second kappa shape index (κ2) is 7.19. The third-order valence-corrected chi connectivity index (χ3v) is 4.91. The number of aromatic nitrogens is 2. The molecule has 1 aromatic carbocycles. The fraction of sp³-hybridized carbons (Fsp3) is 0.368. The van der Waals surface area contributed by atoms with E-state index in [2.05, 4.69) is 15.5 Å². The minimum absolute atomic E-state index is 0.183. The highest BCUT2D eigenvalue weighted by atomic mass is 19.4. The molecule has 1 aliphatic carbocycles. The molecule has 27 heavy (non-hydrogen) atoms. The van der Waals surface area contributed by atoms with Gasteiger partial charge in [0.15, 0.2) is 5.82 Å². The van der Waals surface area contributed by atoms with Crippen LogP contribution in [0, 0.1) is 5.92 Å². The Morgan fingerprint density at radius 2 is 2.07 bits per heavy atom. The van der Waals surface area contributed by atoms with E-state index in [0.29, 0.717) is 35.3 Å². The first-order chi connectivity index (χ1) is 13.0. The van der Waals surface area contributed by atoms with Gasteiger partial charge in [0.05, 0.1) is 23.9 Å². The smallest absolute Gasteiger partial charge is 0.416 e. The van der Waals surface area contributed by atoms with Gasteiger partial charge < -0.3 is 14.3 Å². The normalized spacial score (nSPS) is 16.3. The fourth-order valence-electron chi connectivity index (χ4n) is 3.27. The van der Waals surface area contributed by atoms with Gasteiger partial charge in [-0.05, 0) is 42.5 Å². The Balaban J connectivity index is 1.50. The molecule has 1 fully saturated rings. The molecule has 1 unspecified atom stereocenters. The monoisotopic (exact) mass is 377 g/mol. The molecule has 2 aromatic heterocycles. The SMILES string of the molecule is FC(F)(F)c1cccc(C(NCc2noc(-c3ccoc3)n2)C2CCC2)c1. The number of hydrogen-bond donors (Lipinski definition) is 1. The highest BCUT2D eigenvalue weighted by Gasteiger charge is 2.33. The Hall–Kier alpha value is -2.61. The van der Waals surface area contributed by atoms with E-state index in [1.165, 1.54) is 24.7 Å². The average Bonchev–Trinajstić information content (AvgIpc) is 3.27. The zero-order chi connectivity index (χ0) is 18.9. The van der Waals surface area contributed by atoms with Gasteiger partial charge in [0.2, 0.25) is 0 Å². The molecule has 1 saturated carbocycles. The van der Waals surface area contributed by atoms with E-state index in [0.717, 1.165) is 25.3 Å². The molecule has 0 radical (unpaired) electrons. The van der Waals surface area contributed by atoms with Crippen molar-refractivity contribution in [1.29, 1.82) is 0 Å².